The third-order valence-corrected chi connectivity index (χ3v) is 4.58. The highest BCUT2D eigenvalue weighted by Crippen LogP contribution is 2.29. The molecule has 2 heterocycles. The number of carbonyl (C=O) groups excluding carboxylic acids is 2. The fourth-order valence-corrected chi connectivity index (χ4v) is 3.13. The molecule has 1 aromatic heterocycles. The van der Waals surface area contributed by atoms with Crippen molar-refractivity contribution in [3.63, 3.8) is 0 Å². The number of rotatable bonds is 5. The molecule has 26 heavy (non-hydrogen) atoms. The predicted octanol–water partition coefficient (Wildman–Crippen LogP) is 1.56. The molecule has 0 bridgehead atoms. The van der Waals surface area contributed by atoms with Gasteiger partial charge in [-0.3, -0.25) is 9.59 Å². The van der Waals surface area contributed by atoms with Crippen molar-refractivity contribution in [3.8, 4) is 11.5 Å². The van der Waals surface area contributed by atoms with Crippen molar-refractivity contribution in [1.29, 1.82) is 0 Å². The number of hydrogen-bond acceptors (Lipinski definition) is 4. The van der Waals surface area contributed by atoms with Gasteiger partial charge in [0.25, 0.3) is 5.91 Å². The van der Waals surface area contributed by atoms with Crippen molar-refractivity contribution >= 4 is 11.8 Å². The second-order valence-electron chi connectivity index (χ2n) is 6.11. The lowest BCUT2D eigenvalue weighted by molar-refractivity contribution is -0.131. The summed E-state index contributed by atoms with van der Waals surface area (Å²) in [6.45, 7) is 2.01. The summed E-state index contributed by atoms with van der Waals surface area (Å²) in [6, 6.07) is 7.16. The van der Waals surface area contributed by atoms with E-state index < -0.39 is 0 Å². The zero-order chi connectivity index (χ0) is 18.5. The smallest absolute Gasteiger partial charge is 0.261 e. The highest BCUT2D eigenvalue weighted by Gasteiger charge is 2.28. The molecular weight excluding hydrogens is 334 g/mol. The number of aromatic nitrogens is 1. The lowest BCUT2D eigenvalue weighted by Crippen LogP contribution is -2.51. The Hall–Kier alpha value is -2.96. The minimum absolute atomic E-state index is 0.0755. The van der Waals surface area contributed by atoms with Gasteiger partial charge in [-0.2, -0.15) is 0 Å². The molecule has 1 aliphatic rings. The molecule has 2 aromatic rings. The van der Waals surface area contributed by atoms with Crippen LogP contribution in [0.4, 0.5) is 0 Å². The maximum Gasteiger partial charge on any atom is 0.261 e. The maximum atomic E-state index is 13.0. The standard InChI is InChI=1S/C19H23N3O4/c1-25-15-4-3-5-16(26-2)18(15)19(24)22-10-8-21(9-11-22)17(23)12-14-6-7-20-13-14/h3-7,13,20H,8-12H2,1-2H3. The largest absolute Gasteiger partial charge is 0.496 e. The fraction of sp³-hybridized carbons (Fsp3) is 0.368. The van der Waals surface area contributed by atoms with Crippen molar-refractivity contribution < 1.29 is 19.1 Å². The number of carbonyl (C=O) groups is 2. The van der Waals surface area contributed by atoms with Gasteiger partial charge in [-0.05, 0) is 23.8 Å². The minimum Gasteiger partial charge on any atom is -0.496 e. The average molecular weight is 357 g/mol. The van der Waals surface area contributed by atoms with E-state index in [-0.39, 0.29) is 11.8 Å². The molecule has 1 saturated heterocycles. The Bertz CT molecular complexity index is 743. The van der Waals surface area contributed by atoms with Gasteiger partial charge in [0.1, 0.15) is 17.1 Å². The minimum atomic E-state index is -0.142. The van der Waals surface area contributed by atoms with Crippen LogP contribution in [0, 0.1) is 0 Å². The molecule has 1 N–H and O–H groups in total. The van der Waals surface area contributed by atoms with E-state index in [9.17, 15) is 9.59 Å². The molecule has 2 amide bonds. The molecule has 3 rings (SSSR count). The van der Waals surface area contributed by atoms with Crippen LogP contribution in [0.2, 0.25) is 0 Å². The van der Waals surface area contributed by atoms with Gasteiger partial charge in [-0.15, -0.1) is 0 Å². The number of aromatic amines is 1. The van der Waals surface area contributed by atoms with E-state index in [0.29, 0.717) is 49.7 Å². The van der Waals surface area contributed by atoms with Crippen LogP contribution in [0.15, 0.2) is 36.7 Å². The van der Waals surface area contributed by atoms with Crippen molar-refractivity contribution in [1.82, 2.24) is 14.8 Å². The monoisotopic (exact) mass is 357 g/mol. The summed E-state index contributed by atoms with van der Waals surface area (Å²) in [6.07, 6.45) is 4.00. The average Bonchev–Trinajstić information content (AvgIpc) is 3.19. The van der Waals surface area contributed by atoms with Crippen LogP contribution in [0.1, 0.15) is 15.9 Å². The van der Waals surface area contributed by atoms with Gasteiger partial charge in [0, 0.05) is 38.6 Å². The molecule has 0 radical (unpaired) electrons. The fourth-order valence-electron chi connectivity index (χ4n) is 3.13. The van der Waals surface area contributed by atoms with Gasteiger partial charge in [0.2, 0.25) is 5.91 Å². The molecule has 1 fully saturated rings. The normalized spacial score (nSPS) is 14.2. The first kappa shape index (κ1) is 17.8. The summed E-state index contributed by atoms with van der Waals surface area (Å²) >= 11 is 0. The number of H-pyrrole nitrogens is 1. The molecule has 0 spiro atoms. The van der Waals surface area contributed by atoms with E-state index in [1.165, 1.54) is 14.2 Å². The van der Waals surface area contributed by atoms with Crippen LogP contribution in [0.25, 0.3) is 0 Å². The Labute approximate surface area is 152 Å². The van der Waals surface area contributed by atoms with E-state index in [2.05, 4.69) is 4.98 Å². The molecule has 0 saturated carbocycles. The van der Waals surface area contributed by atoms with Gasteiger partial charge in [-0.25, -0.2) is 0 Å². The van der Waals surface area contributed by atoms with Crippen molar-refractivity contribution in [3.05, 3.63) is 47.8 Å². The first-order valence-electron chi connectivity index (χ1n) is 8.53. The number of hydrogen-bond donors (Lipinski definition) is 1. The summed E-state index contributed by atoms with van der Waals surface area (Å²) in [7, 11) is 3.06. The molecule has 7 heteroatoms. The quantitative estimate of drug-likeness (QED) is 0.881. The summed E-state index contributed by atoms with van der Waals surface area (Å²) < 4.78 is 10.6. The first-order valence-corrected chi connectivity index (χ1v) is 8.53. The Balaban J connectivity index is 1.65. The Morgan fingerprint density at radius 2 is 1.62 bits per heavy atom. The van der Waals surface area contributed by atoms with Crippen LogP contribution in [0.3, 0.4) is 0 Å². The highest BCUT2D eigenvalue weighted by atomic mass is 16.5. The number of nitrogens with one attached hydrogen (secondary N) is 1. The van der Waals surface area contributed by atoms with Crippen LogP contribution < -0.4 is 9.47 Å². The van der Waals surface area contributed by atoms with E-state index in [1.54, 1.807) is 34.2 Å². The zero-order valence-corrected chi connectivity index (χ0v) is 15.0. The summed E-state index contributed by atoms with van der Waals surface area (Å²) in [5.74, 6) is 0.907. The van der Waals surface area contributed by atoms with Gasteiger partial charge in [-0.1, -0.05) is 6.07 Å². The van der Waals surface area contributed by atoms with E-state index in [0.717, 1.165) is 5.56 Å². The number of benzene rings is 1. The number of ether oxygens (including phenoxy) is 2. The number of methoxy groups -OCH3 is 2. The zero-order valence-electron chi connectivity index (χ0n) is 15.0. The summed E-state index contributed by atoms with van der Waals surface area (Å²) in [4.78, 5) is 31.8. The van der Waals surface area contributed by atoms with Crippen LogP contribution in [-0.4, -0.2) is 67.0 Å². The van der Waals surface area contributed by atoms with Gasteiger partial charge in [0.05, 0.1) is 20.6 Å². The van der Waals surface area contributed by atoms with Gasteiger partial charge in [0.15, 0.2) is 0 Å². The third kappa shape index (κ3) is 3.66. The lowest BCUT2D eigenvalue weighted by Gasteiger charge is -2.35. The van der Waals surface area contributed by atoms with Crippen molar-refractivity contribution in [2.24, 2.45) is 0 Å². The van der Waals surface area contributed by atoms with Gasteiger partial charge >= 0.3 is 0 Å². The topological polar surface area (TPSA) is 74.9 Å². The Morgan fingerprint density at radius 1 is 1.00 bits per heavy atom. The maximum absolute atomic E-state index is 13.0. The molecule has 1 aliphatic heterocycles. The lowest BCUT2D eigenvalue weighted by atomic mass is 10.1. The van der Waals surface area contributed by atoms with Crippen LogP contribution in [-0.2, 0) is 11.2 Å². The SMILES string of the molecule is COc1cccc(OC)c1C(=O)N1CCN(C(=O)Cc2cc[nH]c2)CC1. The molecule has 1 aromatic carbocycles. The van der Waals surface area contributed by atoms with E-state index >= 15 is 0 Å². The molecule has 0 aliphatic carbocycles. The van der Waals surface area contributed by atoms with Crippen molar-refractivity contribution in [2.75, 3.05) is 40.4 Å². The third-order valence-electron chi connectivity index (χ3n) is 4.58. The number of piperazine rings is 1. The second-order valence-corrected chi connectivity index (χ2v) is 6.11. The Morgan fingerprint density at radius 3 is 2.15 bits per heavy atom. The molecular formula is C19H23N3O4. The molecule has 7 nitrogen and oxygen atoms in total. The number of nitrogens with zero attached hydrogens (tertiary/aromatic N) is 2. The Kier molecular flexibility index (Phi) is 5.46. The summed E-state index contributed by atoms with van der Waals surface area (Å²) in [5.41, 5.74) is 1.39. The molecule has 0 atom stereocenters. The van der Waals surface area contributed by atoms with E-state index in [1.807, 2.05) is 12.3 Å². The number of amides is 2. The highest BCUT2D eigenvalue weighted by molar-refractivity contribution is 6.00. The predicted molar refractivity (Wildman–Crippen MR) is 96.5 cm³/mol. The van der Waals surface area contributed by atoms with Crippen molar-refractivity contribution in [2.45, 2.75) is 6.42 Å². The van der Waals surface area contributed by atoms with E-state index in [4.69, 9.17) is 9.47 Å². The first-order chi connectivity index (χ1) is 12.6. The van der Waals surface area contributed by atoms with Crippen LogP contribution >= 0.6 is 0 Å². The summed E-state index contributed by atoms with van der Waals surface area (Å²) in [5, 5.41) is 0. The molecule has 138 valence electrons. The van der Waals surface area contributed by atoms with Gasteiger partial charge < -0.3 is 24.3 Å². The molecule has 0 unspecified atom stereocenters. The van der Waals surface area contributed by atoms with Crippen LogP contribution in [0.5, 0.6) is 11.5 Å². The second kappa shape index (κ2) is 7.95.